The summed E-state index contributed by atoms with van der Waals surface area (Å²) in [5.41, 5.74) is 3.60. The average molecular weight is 401 g/mol. The quantitative estimate of drug-likeness (QED) is 0.398. The smallest absolute Gasteiger partial charge is 0.136 e. The number of aromatic nitrogens is 2. The van der Waals surface area contributed by atoms with Crippen LogP contribution in [0.1, 0.15) is 17.5 Å². The number of aliphatic imine (C=N–C) groups is 1. The van der Waals surface area contributed by atoms with Crippen LogP contribution < -0.4 is 4.90 Å². The molecule has 0 spiro atoms. The van der Waals surface area contributed by atoms with Gasteiger partial charge in [0.25, 0.3) is 0 Å². The lowest BCUT2D eigenvalue weighted by Crippen LogP contribution is -2.27. The lowest BCUT2D eigenvalue weighted by atomic mass is 10.1. The Labute approximate surface area is 175 Å². The first kappa shape index (κ1) is 18.0. The number of halogens is 1. The molecule has 144 valence electrons. The van der Waals surface area contributed by atoms with Crippen molar-refractivity contribution in [1.29, 1.82) is 0 Å². The third-order valence-corrected chi connectivity index (χ3v) is 5.66. The van der Waals surface area contributed by atoms with E-state index in [9.17, 15) is 0 Å². The summed E-state index contributed by atoms with van der Waals surface area (Å²) in [6.45, 7) is 2.46. The Kier molecular flexibility index (Phi) is 4.78. The summed E-state index contributed by atoms with van der Waals surface area (Å²) in [4.78, 5) is 11.5. The van der Waals surface area contributed by atoms with Gasteiger partial charge in [0.1, 0.15) is 5.84 Å². The molecule has 1 aromatic heterocycles. The molecule has 0 aliphatic carbocycles. The van der Waals surface area contributed by atoms with E-state index in [1.165, 1.54) is 22.2 Å². The molecule has 0 saturated heterocycles. The number of nitrogens with zero attached hydrogens (tertiary/aromatic N) is 4. The van der Waals surface area contributed by atoms with Crippen LogP contribution >= 0.6 is 11.6 Å². The first-order valence-corrected chi connectivity index (χ1v) is 10.2. The minimum atomic E-state index is 0.761. The third-order valence-electron chi connectivity index (χ3n) is 5.33. The first-order valence-electron chi connectivity index (χ1n) is 9.84. The second kappa shape index (κ2) is 7.72. The molecule has 0 bridgehead atoms. The molecule has 4 aromatic rings. The van der Waals surface area contributed by atoms with Gasteiger partial charge in [0.05, 0.1) is 12.0 Å². The van der Waals surface area contributed by atoms with Gasteiger partial charge in [-0.15, -0.1) is 0 Å². The lowest BCUT2D eigenvalue weighted by molar-refractivity contribution is 0.650. The molecule has 0 fully saturated rings. The fourth-order valence-corrected chi connectivity index (χ4v) is 4.20. The summed E-state index contributed by atoms with van der Waals surface area (Å²) < 4.78 is 2.09. The highest BCUT2D eigenvalue weighted by atomic mass is 35.5. The maximum atomic E-state index is 6.50. The highest BCUT2D eigenvalue weighted by Crippen LogP contribution is 2.41. The van der Waals surface area contributed by atoms with E-state index in [0.29, 0.717) is 0 Å². The van der Waals surface area contributed by atoms with Crippen molar-refractivity contribution < 1.29 is 0 Å². The topological polar surface area (TPSA) is 33.4 Å². The monoisotopic (exact) mass is 400 g/mol. The minimum absolute atomic E-state index is 0.761. The second-order valence-electron chi connectivity index (χ2n) is 7.23. The number of benzene rings is 3. The predicted octanol–water partition coefficient (Wildman–Crippen LogP) is 5.55. The fourth-order valence-electron chi connectivity index (χ4n) is 3.98. The van der Waals surface area contributed by atoms with Gasteiger partial charge in [-0.25, -0.2) is 4.98 Å². The van der Waals surface area contributed by atoms with E-state index in [-0.39, 0.29) is 0 Å². The van der Waals surface area contributed by atoms with Crippen LogP contribution in [-0.2, 0) is 13.1 Å². The highest BCUT2D eigenvalue weighted by Gasteiger charge is 2.28. The van der Waals surface area contributed by atoms with Gasteiger partial charge in [-0.3, -0.25) is 4.99 Å². The van der Waals surface area contributed by atoms with E-state index in [1.54, 1.807) is 0 Å². The lowest BCUT2D eigenvalue weighted by Gasteiger charge is -2.21. The SMILES string of the molecule is Clc1ccc2c3c(cccc13)C(=NCCCn1ccnc1)N2Cc1ccccc1. The number of rotatable bonds is 6. The van der Waals surface area contributed by atoms with Gasteiger partial charge in [-0.1, -0.05) is 60.1 Å². The molecule has 0 atom stereocenters. The fraction of sp³-hybridized carbons (Fsp3) is 0.167. The van der Waals surface area contributed by atoms with Crippen LogP contribution in [0, 0.1) is 0 Å². The molecule has 0 unspecified atom stereocenters. The van der Waals surface area contributed by atoms with Crippen LogP contribution in [0.15, 0.2) is 84.4 Å². The van der Waals surface area contributed by atoms with Crippen molar-refractivity contribution in [3.05, 3.63) is 95.5 Å². The average Bonchev–Trinajstić information content (AvgIpc) is 3.37. The van der Waals surface area contributed by atoms with E-state index >= 15 is 0 Å². The largest absolute Gasteiger partial charge is 0.337 e. The summed E-state index contributed by atoms with van der Waals surface area (Å²) in [5, 5.41) is 3.07. The Balaban J connectivity index is 1.50. The maximum Gasteiger partial charge on any atom is 0.136 e. The van der Waals surface area contributed by atoms with Crippen molar-refractivity contribution in [3.8, 4) is 0 Å². The maximum absolute atomic E-state index is 6.50. The van der Waals surface area contributed by atoms with Gasteiger partial charge in [-0.2, -0.15) is 0 Å². The van der Waals surface area contributed by atoms with Crippen molar-refractivity contribution in [2.75, 3.05) is 11.4 Å². The number of aryl methyl sites for hydroxylation is 1. The van der Waals surface area contributed by atoms with Crippen molar-refractivity contribution in [2.45, 2.75) is 19.5 Å². The van der Waals surface area contributed by atoms with E-state index in [0.717, 1.165) is 42.3 Å². The molecule has 5 heteroatoms. The number of anilines is 1. The zero-order valence-corrected chi connectivity index (χ0v) is 16.8. The molecule has 0 saturated carbocycles. The van der Waals surface area contributed by atoms with E-state index in [2.05, 4.69) is 63.0 Å². The summed E-state index contributed by atoms with van der Waals surface area (Å²) in [6, 6.07) is 21.0. The number of imidazole rings is 1. The van der Waals surface area contributed by atoms with Gasteiger partial charge in [0.15, 0.2) is 0 Å². The summed E-state index contributed by atoms with van der Waals surface area (Å²) in [6.07, 6.45) is 6.61. The second-order valence-corrected chi connectivity index (χ2v) is 7.63. The standard InChI is InChI=1S/C24H21ClN4/c25-21-10-11-22-23-19(21)8-4-9-20(23)24(27-12-5-14-28-15-13-26-17-28)29(22)16-18-6-2-1-3-7-18/h1-4,6-11,13,15,17H,5,12,14,16H2. The summed E-state index contributed by atoms with van der Waals surface area (Å²) in [5.74, 6) is 1.03. The van der Waals surface area contributed by atoms with Crippen LogP contribution in [0.25, 0.3) is 10.8 Å². The zero-order chi connectivity index (χ0) is 19.6. The molecule has 1 aliphatic heterocycles. The Hall–Kier alpha value is -3.11. The van der Waals surface area contributed by atoms with Crippen molar-refractivity contribution in [1.82, 2.24) is 9.55 Å². The molecule has 2 heterocycles. The normalized spacial score (nSPS) is 14.2. The Morgan fingerprint density at radius 3 is 2.69 bits per heavy atom. The predicted molar refractivity (Wildman–Crippen MR) is 120 cm³/mol. The third kappa shape index (κ3) is 3.40. The van der Waals surface area contributed by atoms with E-state index < -0.39 is 0 Å². The van der Waals surface area contributed by atoms with Crippen molar-refractivity contribution in [3.63, 3.8) is 0 Å². The molecule has 4 nitrogen and oxygen atoms in total. The first-order chi connectivity index (χ1) is 14.3. The van der Waals surface area contributed by atoms with Crippen LogP contribution in [0.2, 0.25) is 5.02 Å². The van der Waals surface area contributed by atoms with Crippen LogP contribution in [-0.4, -0.2) is 21.9 Å². The van der Waals surface area contributed by atoms with E-state index in [1.807, 2.05) is 30.9 Å². The molecule has 29 heavy (non-hydrogen) atoms. The number of amidine groups is 1. The summed E-state index contributed by atoms with van der Waals surface area (Å²) >= 11 is 6.50. The number of hydrogen-bond acceptors (Lipinski definition) is 2. The molecular weight excluding hydrogens is 380 g/mol. The highest BCUT2D eigenvalue weighted by molar-refractivity contribution is 6.38. The van der Waals surface area contributed by atoms with Crippen molar-refractivity contribution in [2.24, 2.45) is 4.99 Å². The van der Waals surface area contributed by atoms with Gasteiger partial charge in [-0.05, 0) is 24.1 Å². The summed E-state index contributed by atoms with van der Waals surface area (Å²) in [7, 11) is 0. The van der Waals surface area contributed by atoms with Gasteiger partial charge < -0.3 is 9.47 Å². The van der Waals surface area contributed by atoms with Crippen molar-refractivity contribution >= 4 is 33.9 Å². The Morgan fingerprint density at radius 1 is 0.966 bits per heavy atom. The van der Waals surface area contributed by atoms with E-state index in [4.69, 9.17) is 16.6 Å². The van der Waals surface area contributed by atoms with Gasteiger partial charge >= 0.3 is 0 Å². The Bertz CT molecular complexity index is 1170. The number of hydrogen-bond donors (Lipinski definition) is 0. The van der Waals surface area contributed by atoms with Gasteiger partial charge in [0.2, 0.25) is 0 Å². The minimum Gasteiger partial charge on any atom is -0.337 e. The molecular formula is C24H21ClN4. The molecule has 0 N–H and O–H groups in total. The van der Waals surface area contributed by atoms with Gasteiger partial charge in [0, 0.05) is 53.4 Å². The molecule has 3 aromatic carbocycles. The molecule has 1 aliphatic rings. The van der Waals surface area contributed by atoms with Crippen LogP contribution in [0.4, 0.5) is 5.69 Å². The molecule has 5 rings (SSSR count). The van der Waals surface area contributed by atoms with Crippen LogP contribution in [0.5, 0.6) is 0 Å². The zero-order valence-electron chi connectivity index (χ0n) is 16.0. The molecule has 0 amide bonds. The molecule has 0 radical (unpaired) electrons. The van der Waals surface area contributed by atoms with Crippen LogP contribution in [0.3, 0.4) is 0 Å². The Morgan fingerprint density at radius 2 is 1.86 bits per heavy atom.